The number of hydrogen-bond acceptors (Lipinski definition) is 4. The van der Waals surface area contributed by atoms with E-state index in [1.165, 1.54) is 0 Å². The summed E-state index contributed by atoms with van der Waals surface area (Å²) in [6.07, 6.45) is 6.35. The molecule has 0 saturated carbocycles. The van der Waals surface area contributed by atoms with Gasteiger partial charge in [0.25, 0.3) is 5.91 Å². The minimum absolute atomic E-state index is 0.0449. The third-order valence-corrected chi connectivity index (χ3v) is 5.89. The molecule has 2 fully saturated rings. The number of carbonyl (C=O) groups excluding carboxylic acids is 2. The number of carbonyl (C=O) groups is 2. The first-order chi connectivity index (χ1) is 13.6. The van der Waals surface area contributed by atoms with Gasteiger partial charge in [-0.3, -0.25) is 9.59 Å². The van der Waals surface area contributed by atoms with Crippen LogP contribution in [0.25, 0.3) is 11.5 Å². The third kappa shape index (κ3) is 3.96. The maximum absolute atomic E-state index is 13.0. The van der Waals surface area contributed by atoms with Crippen molar-refractivity contribution in [2.24, 2.45) is 5.92 Å². The zero-order chi connectivity index (χ0) is 19.5. The van der Waals surface area contributed by atoms with Crippen LogP contribution in [0, 0.1) is 12.8 Å². The molecule has 0 N–H and O–H groups in total. The van der Waals surface area contributed by atoms with Crippen LogP contribution in [0.5, 0.6) is 0 Å². The van der Waals surface area contributed by atoms with Crippen LogP contribution in [-0.2, 0) is 4.79 Å². The standard InChI is InChI=1S/C22H27N3O3/c1-16-18(7-8-19(23-16)20-5-4-14-28-20)22(27)24-12-9-17(10-13-24)15-25-11-3-2-6-21(25)26/h4-5,7-8,14,17H,2-3,6,9-13,15H2,1H3. The highest BCUT2D eigenvalue weighted by Crippen LogP contribution is 2.24. The molecule has 2 saturated heterocycles. The van der Waals surface area contributed by atoms with Crippen LogP contribution in [0.2, 0.25) is 0 Å². The summed E-state index contributed by atoms with van der Waals surface area (Å²) in [5.41, 5.74) is 2.11. The first kappa shape index (κ1) is 18.7. The number of pyridine rings is 1. The fourth-order valence-electron chi connectivity index (χ4n) is 4.20. The van der Waals surface area contributed by atoms with E-state index < -0.39 is 0 Å². The zero-order valence-electron chi connectivity index (χ0n) is 16.4. The highest BCUT2D eigenvalue weighted by molar-refractivity contribution is 5.95. The number of amides is 2. The fraction of sp³-hybridized carbons (Fsp3) is 0.500. The minimum Gasteiger partial charge on any atom is -0.463 e. The molecule has 4 rings (SSSR count). The molecule has 2 amide bonds. The normalized spacial score (nSPS) is 18.5. The molecule has 0 unspecified atom stereocenters. The van der Waals surface area contributed by atoms with Crippen molar-refractivity contribution in [1.82, 2.24) is 14.8 Å². The Morgan fingerprint density at radius 3 is 2.68 bits per heavy atom. The van der Waals surface area contributed by atoms with Gasteiger partial charge >= 0.3 is 0 Å². The summed E-state index contributed by atoms with van der Waals surface area (Å²) >= 11 is 0. The lowest BCUT2D eigenvalue weighted by Gasteiger charge is -2.36. The van der Waals surface area contributed by atoms with Gasteiger partial charge in [-0.1, -0.05) is 0 Å². The highest BCUT2D eigenvalue weighted by atomic mass is 16.3. The molecule has 28 heavy (non-hydrogen) atoms. The predicted molar refractivity (Wildman–Crippen MR) is 106 cm³/mol. The molecule has 6 heteroatoms. The van der Waals surface area contributed by atoms with Crippen LogP contribution in [0.1, 0.15) is 48.2 Å². The molecule has 2 aliphatic rings. The maximum Gasteiger partial charge on any atom is 0.255 e. The second-order valence-electron chi connectivity index (χ2n) is 7.84. The molecule has 6 nitrogen and oxygen atoms in total. The maximum atomic E-state index is 13.0. The van der Waals surface area contributed by atoms with E-state index in [1.807, 2.05) is 41.0 Å². The zero-order valence-corrected chi connectivity index (χ0v) is 16.4. The molecule has 0 spiro atoms. The molecule has 0 atom stereocenters. The summed E-state index contributed by atoms with van der Waals surface area (Å²) in [5, 5.41) is 0. The average Bonchev–Trinajstić information content (AvgIpc) is 3.25. The molecular formula is C22H27N3O3. The lowest BCUT2D eigenvalue weighted by atomic mass is 9.94. The number of nitrogens with zero attached hydrogens (tertiary/aromatic N) is 3. The fourth-order valence-corrected chi connectivity index (χ4v) is 4.20. The number of rotatable bonds is 4. The molecule has 148 valence electrons. The van der Waals surface area contributed by atoms with Crippen LogP contribution in [0.3, 0.4) is 0 Å². The summed E-state index contributed by atoms with van der Waals surface area (Å²) in [5.74, 6) is 1.54. The van der Waals surface area contributed by atoms with Gasteiger partial charge in [-0.25, -0.2) is 4.98 Å². The van der Waals surface area contributed by atoms with Crippen molar-refractivity contribution in [3.05, 3.63) is 41.8 Å². The Morgan fingerprint density at radius 2 is 2.00 bits per heavy atom. The monoisotopic (exact) mass is 381 g/mol. The van der Waals surface area contributed by atoms with E-state index in [0.29, 0.717) is 29.6 Å². The van der Waals surface area contributed by atoms with Crippen LogP contribution in [0.15, 0.2) is 34.9 Å². The van der Waals surface area contributed by atoms with Crippen molar-refractivity contribution in [2.45, 2.75) is 39.0 Å². The van der Waals surface area contributed by atoms with Gasteiger partial charge in [0.15, 0.2) is 5.76 Å². The van der Waals surface area contributed by atoms with E-state index in [2.05, 4.69) is 4.98 Å². The Labute approximate surface area is 165 Å². The number of likely N-dealkylation sites (tertiary alicyclic amines) is 2. The third-order valence-electron chi connectivity index (χ3n) is 5.89. The van der Waals surface area contributed by atoms with Crippen molar-refractivity contribution in [3.8, 4) is 11.5 Å². The van der Waals surface area contributed by atoms with Crippen molar-refractivity contribution in [2.75, 3.05) is 26.2 Å². The lowest BCUT2D eigenvalue weighted by Crippen LogP contribution is -2.44. The van der Waals surface area contributed by atoms with Gasteiger partial charge < -0.3 is 14.2 Å². The van der Waals surface area contributed by atoms with E-state index in [9.17, 15) is 9.59 Å². The molecule has 0 bridgehead atoms. The Balaban J connectivity index is 1.35. The summed E-state index contributed by atoms with van der Waals surface area (Å²) in [7, 11) is 0. The summed E-state index contributed by atoms with van der Waals surface area (Å²) in [6, 6.07) is 7.38. The quantitative estimate of drug-likeness (QED) is 0.813. The lowest BCUT2D eigenvalue weighted by molar-refractivity contribution is -0.134. The van der Waals surface area contributed by atoms with E-state index in [1.54, 1.807) is 6.26 Å². The SMILES string of the molecule is Cc1nc(-c2ccco2)ccc1C(=O)N1CCC(CN2CCCCC2=O)CC1. The largest absolute Gasteiger partial charge is 0.463 e. The first-order valence-electron chi connectivity index (χ1n) is 10.2. The van der Waals surface area contributed by atoms with E-state index >= 15 is 0 Å². The Morgan fingerprint density at radius 1 is 1.18 bits per heavy atom. The molecule has 2 aromatic rings. The van der Waals surface area contributed by atoms with E-state index in [4.69, 9.17) is 4.42 Å². The molecule has 0 aromatic carbocycles. The molecule has 2 aromatic heterocycles. The number of aromatic nitrogens is 1. The summed E-state index contributed by atoms with van der Waals surface area (Å²) < 4.78 is 5.39. The first-order valence-corrected chi connectivity index (χ1v) is 10.2. The van der Waals surface area contributed by atoms with E-state index in [-0.39, 0.29) is 5.91 Å². The van der Waals surface area contributed by atoms with Crippen molar-refractivity contribution in [3.63, 3.8) is 0 Å². The Kier molecular flexibility index (Phi) is 5.46. The average molecular weight is 381 g/mol. The highest BCUT2D eigenvalue weighted by Gasteiger charge is 2.28. The molecule has 4 heterocycles. The van der Waals surface area contributed by atoms with E-state index in [0.717, 1.165) is 63.3 Å². The van der Waals surface area contributed by atoms with Gasteiger partial charge in [0, 0.05) is 32.6 Å². The van der Waals surface area contributed by atoms with Gasteiger partial charge in [-0.15, -0.1) is 0 Å². The minimum atomic E-state index is 0.0449. The van der Waals surface area contributed by atoms with Crippen molar-refractivity contribution >= 4 is 11.8 Å². The van der Waals surface area contributed by atoms with Crippen molar-refractivity contribution in [1.29, 1.82) is 0 Å². The number of furan rings is 1. The van der Waals surface area contributed by atoms with Crippen molar-refractivity contribution < 1.29 is 14.0 Å². The Hall–Kier alpha value is -2.63. The molecule has 2 aliphatic heterocycles. The molecule has 0 radical (unpaired) electrons. The van der Waals surface area contributed by atoms with Gasteiger partial charge in [0.05, 0.1) is 17.5 Å². The smallest absolute Gasteiger partial charge is 0.255 e. The second-order valence-corrected chi connectivity index (χ2v) is 7.84. The van der Waals surface area contributed by atoms with Crippen LogP contribution in [-0.4, -0.2) is 52.8 Å². The number of aryl methyl sites for hydroxylation is 1. The van der Waals surface area contributed by atoms with Gasteiger partial charge in [0.2, 0.25) is 5.91 Å². The second kappa shape index (κ2) is 8.17. The molecular weight excluding hydrogens is 354 g/mol. The number of hydrogen-bond donors (Lipinski definition) is 0. The Bertz CT molecular complexity index is 839. The van der Waals surface area contributed by atoms with Crippen LogP contribution in [0.4, 0.5) is 0 Å². The number of piperidine rings is 2. The van der Waals surface area contributed by atoms with Gasteiger partial charge in [-0.05, 0) is 62.8 Å². The molecule has 0 aliphatic carbocycles. The van der Waals surface area contributed by atoms with Gasteiger partial charge in [-0.2, -0.15) is 0 Å². The summed E-state index contributed by atoms with van der Waals surface area (Å²) in [4.78, 5) is 33.5. The van der Waals surface area contributed by atoms with Gasteiger partial charge in [0.1, 0.15) is 5.69 Å². The van der Waals surface area contributed by atoms with Crippen LogP contribution < -0.4 is 0 Å². The van der Waals surface area contributed by atoms with Crippen LogP contribution >= 0.6 is 0 Å². The predicted octanol–water partition coefficient (Wildman–Crippen LogP) is 3.51. The topological polar surface area (TPSA) is 66.7 Å². The summed E-state index contributed by atoms with van der Waals surface area (Å²) in [6.45, 7) is 5.09.